The Bertz CT molecular complexity index is 947. The standard InChI is InChI=1S/C18H15ClF3N3O2/c1-17(26,18(20,21)22)10-27-13-3-4-14-11(8-13)6-7-23-16(14)25-12-2-5-15(19)24-9-12/h2-9,26H,10H2,1H3,(H,23,25). The number of benzene rings is 1. The number of hydrogen-bond acceptors (Lipinski definition) is 5. The van der Waals surface area contributed by atoms with Gasteiger partial charge in [-0.2, -0.15) is 13.2 Å². The summed E-state index contributed by atoms with van der Waals surface area (Å²) in [6.07, 6.45) is -1.67. The molecule has 3 aromatic rings. The molecule has 0 fully saturated rings. The van der Waals surface area contributed by atoms with E-state index in [0.29, 0.717) is 29.0 Å². The summed E-state index contributed by atoms with van der Waals surface area (Å²) in [6, 6.07) is 9.84. The number of anilines is 2. The van der Waals surface area contributed by atoms with Crippen LogP contribution in [0, 0.1) is 0 Å². The first-order chi connectivity index (χ1) is 12.7. The lowest BCUT2D eigenvalue weighted by molar-refractivity contribution is -0.260. The minimum Gasteiger partial charge on any atom is -0.490 e. The van der Waals surface area contributed by atoms with E-state index in [9.17, 15) is 18.3 Å². The molecule has 3 rings (SSSR count). The third-order valence-corrected chi connectivity index (χ3v) is 4.08. The average molecular weight is 398 g/mol. The molecule has 0 bridgehead atoms. The van der Waals surface area contributed by atoms with E-state index in [1.54, 1.807) is 42.7 Å². The van der Waals surface area contributed by atoms with Gasteiger partial charge in [-0.1, -0.05) is 11.6 Å². The van der Waals surface area contributed by atoms with Crippen LogP contribution < -0.4 is 10.1 Å². The topological polar surface area (TPSA) is 67.3 Å². The average Bonchev–Trinajstić information content (AvgIpc) is 2.61. The fraction of sp³-hybridized carbons (Fsp3) is 0.222. The number of nitrogens with one attached hydrogen (secondary N) is 1. The monoisotopic (exact) mass is 397 g/mol. The first kappa shape index (κ1) is 19.2. The van der Waals surface area contributed by atoms with Crippen LogP contribution in [0.15, 0.2) is 48.8 Å². The van der Waals surface area contributed by atoms with Crippen molar-refractivity contribution in [2.45, 2.75) is 18.7 Å². The van der Waals surface area contributed by atoms with Gasteiger partial charge in [0, 0.05) is 11.6 Å². The SMILES string of the molecule is CC(O)(COc1ccc2c(Nc3ccc(Cl)nc3)nccc2c1)C(F)(F)F. The highest BCUT2D eigenvalue weighted by Crippen LogP contribution is 2.32. The number of aliphatic hydroxyl groups is 1. The predicted molar refractivity (Wildman–Crippen MR) is 96.4 cm³/mol. The number of hydrogen-bond donors (Lipinski definition) is 2. The molecule has 0 aliphatic heterocycles. The second-order valence-corrected chi connectivity index (χ2v) is 6.48. The largest absolute Gasteiger partial charge is 0.490 e. The number of halogens is 4. The Morgan fingerprint density at radius 3 is 2.59 bits per heavy atom. The normalized spacial score (nSPS) is 14.0. The number of rotatable bonds is 5. The van der Waals surface area contributed by atoms with Gasteiger partial charge in [0.15, 0.2) is 5.60 Å². The van der Waals surface area contributed by atoms with Gasteiger partial charge in [0.2, 0.25) is 0 Å². The molecule has 1 atom stereocenters. The number of fused-ring (bicyclic) bond motifs is 1. The van der Waals surface area contributed by atoms with Gasteiger partial charge in [-0.05, 0) is 48.7 Å². The molecule has 9 heteroatoms. The van der Waals surface area contributed by atoms with Crippen molar-refractivity contribution in [3.63, 3.8) is 0 Å². The lowest BCUT2D eigenvalue weighted by Gasteiger charge is -2.26. The van der Waals surface area contributed by atoms with Gasteiger partial charge in [0.05, 0.1) is 11.9 Å². The molecule has 0 aliphatic rings. The van der Waals surface area contributed by atoms with Gasteiger partial charge >= 0.3 is 6.18 Å². The Kier molecular flexibility index (Phi) is 5.12. The maximum atomic E-state index is 12.7. The van der Waals surface area contributed by atoms with Crippen LogP contribution in [0.25, 0.3) is 10.8 Å². The van der Waals surface area contributed by atoms with Crippen LogP contribution in [-0.4, -0.2) is 33.5 Å². The van der Waals surface area contributed by atoms with E-state index in [4.69, 9.17) is 16.3 Å². The van der Waals surface area contributed by atoms with Gasteiger partial charge in [0.25, 0.3) is 0 Å². The van der Waals surface area contributed by atoms with E-state index in [-0.39, 0.29) is 5.75 Å². The molecular weight excluding hydrogens is 383 g/mol. The summed E-state index contributed by atoms with van der Waals surface area (Å²) < 4.78 is 43.3. The van der Waals surface area contributed by atoms with E-state index in [1.165, 1.54) is 6.07 Å². The molecule has 0 spiro atoms. The van der Waals surface area contributed by atoms with Crippen LogP contribution in [0.4, 0.5) is 24.7 Å². The van der Waals surface area contributed by atoms with Gasteiger partial charge in [-0.3, -0.25) is 0 Å². The summed E-state index contributed by atoms with van der Waals surface area (Å²) in [4.78, 5) is 8.25. The van der Waals surface area contributed by atoms with Crippen molar-refractivity contribution in [3.8, 4) is 5.75 Å². The zero-order valence-electron chi connectivity index (χ0n) is 14.1. The Labute approximate surface area is 157 Å². The number of pyridine rings is 2. The van der Waals surface area contributed by atoms with Crippen LogP contribution in [-0.2, 0) is 0 Å². The van der Waals surface area contributed by atoms with Crippen molar-refractivity contribution < 1.29 is 23.0 Å². The van der Waals surface area contributed by atoms with E-state index >= 15 is 0 Å². The molecule has 0 radical (unpaired) electrons. The van der Waals surface area contributed by atoms with Crippen molar-refractivity contribution in [2.24, 2.45) is 0 Å². The maximum absolute atomic E-state index is 12.7. The molecule has 0 amide bonds. The van der Waals surface area contributed by atoms with Gasteiger partial charge in [0.1, 0.15) is 23.3 Å². The van der Waals surface area contributed by atoms with Crippen molar-refractivity contribution in [1.82, 2.24) is 9.97 Å². The fourth-order valence-electron chi connectivity index (χ4n) is 2.24. The minimum absolute atomic E-state index is 0.206. The van der Waals surface area contributed by atoms with E-state index in [2.05, 4.69) is 15.3 Å². The fourth-order valence-corrected chi connectivity index (χ4v) is 2.35. The lowest BCUT2D eigenvalue weighted by atomic mass is 10.1. The molecule has 0 saturated heterocycles. The molecule has 1 unspecified atom stereocenters. The third-order valence-electron chi connectivity index (χ3n) is 3.86. The van der Waals surface area contributed by atoms with Crippen LogP contribution in [0.3, 0.4) is 0 Å². The van der Waals surface area contributed by atoms with Crippen molar-refractivity contribution >= 4 is 33.9 Å². The molecule has 2 aromatic heterocycles. The van der Waals surface area contributed by atoms with E-state index in [1.807, 2.05) is 0 Å². The first-order valence-electron chi connectivity index (χ1n) is 7.85. The summed E-state index contributed by atoms with van der Waals surface area (Å²) in [5.41, 5.74) is -2.25. The quantitative estimate of drug-likeness (QED) is 0.610. The van der Waals surface area contributed by atoms with E-state index in [0.717, 1.165) is 5.39 Å². The van der Waals surface area contributed by atoms with Gasteiger partial charge in [-0.25, -0.2) is 9.97 Å². The van der Waals surface area contributed by atoms with Crippen molar-refractivity contribution in [1.29, 1.82) is 0 Å². The number of aromatic nitrogens is 2. The Balaban J connectivity index is 1.81. The zero-order valence-corrected chi connectivity index (χ0v) is 14.8. The third kappa shape index (κ3) is 4.40. The number of alkyl halides is 3. The van der Waals surface area contributed by atoms with Gasteiger partial charge in [-0.15, -0.1) is 0 Å². The predicted octanol–water partition coefficient (Wildman–Crippen LogP) is 4.72. The van der Waals surface area contributed by atoms with Crippen LogP contribution in [0.5, 0.6) is 5.75 Å². The molecule has 27 heavy (non-hydrogen) atoms. The molecule has 0 saturated carbocycles. The van der Waals surface area contributed by atoms with E-state index < -0.39 is 18.4 Å². The zero-order chi connectivity index (χ0) is 19.7. The van der Waals surface area contributed by atoms with Crippen LogP contribution in [0.1, 0.15) is 6.92 Å². The summed E-state index contributed by atoms with van der Waals surface area (Å²) in [5.74, 6) is 0.753. The van der Waals surface area contributed by atoms with Crippen molar-refractivity contribution in [2.75, 3.05) is 11.9 Å². The minimum atomic E-state index is -4.78. The Hall–Kier alpha value is -2.58. The number of ether oxygens (including phenoxy) is 1. The van der Waals surface area contributed by atoms with Crippen LogP contribution >= 0.6 is 11.6 Å². The summed E-state index contributed by atoms with van der Waals surface area (Å²) in [7, 11) is 0. The molecule has 1 aromatic carbocycles. The summed E-state index contributed by atoms with van der Waals surface area (Å²) >= 11 is 5.76. The highest BCUT2D eigenvalue weighted by Gasteiger charge is 2.50. The smallest absolute Gasteiger partial charge is 0.420 e. The molecule has 142 valence electrons. The second kappa shape index (κ2) is 7.21. The van der Waals surface area contributed by atoms with Crippen molar-refractivity contribution in [3.05, 3.63) is 53.9 Å². The molecular formula is C18H15ClF3N3O2. The first-order valence-corrected chi connectivity index (χ1v) is 8.23. The number of nitrogens with zero attached hydrogens (tertiary/aromatic N) is 2. The second-order valence-electron chi connectivity index (χ2n) is 6.10. The van der Waals surface area contributed by atoms with Gasteiger partial charge < -0.3 is 15.2 Å². The molecule has 5 nitrogen and oxygen atoms in total. The highest BCUT2D eigenvalue weighted by atomic mass is 35.5. The molecule has 2 heterocycles. The Morgan fingerprint density at radius 2 is 1.93 bits per heavy atom. The molecule has 2 N–H and O–H groups in total. The molecule has 0 aliphatic carbocycles. The Morgan fingerprint density at radius 1 is 1.15 bits per heavy atom. The maximum Gasteiger partial charge on any atom is 0.420 e. The summed E-state index contributed by atoms with van der Waals surface area (Å²) in [6.45, 7) is -0.241. The highest BCUT2D eigenvalue weighted by molar-refractivity contribution is 6.29. The lowest BCUT2D eigenvalue weighted by Crippen LogP contribution is -2.47. The van der Waals surface area contributed by atoms with Crippen LogP contribution in [0.2, 0.25) is 5.15 Å². The summed E-state index contributed by atoms with van der Waals surface area (Å²) in [5, 5.41) is 14.4.